The van der Waals surface area contributed by atoms with E-state index in [0.717, 1.165) is 0 Å². The third kappa shape index (κ3) is 5.00. The third-order valence-electron chi connectivity index (χ3n) is 1.04. The van der Waals surface area contributed by atoms with E-state index in [0.29, 0.717) is 5.57 Å². The van der Waals surface area contributed by atoms with E-state index < -0.39 is 5.97 Å². The highest BCUT2D eigenvalue weighted by Gasteiger charge is 1.96. The number of hydrogen-bond acceptors (Lipinski definition) is 2. The molecule has 0 unspecified atom stereocenters. The van der Waals surface area contributed by atoms with Crippen LogP contribution in [0.15, 0.2) is 36.5 Å². The molecule has 0 aliphatic heterocycles. The number of carboxylic acids is 1. The van der Waals surface area contributed by atoms with Crippen LogP contribution >= 0.6 is 0 Å². The van der Waals surface area contributed by atoms with Crippen LogP contribution < -0.4 is 0 Å². The Balaban J connectivity index is 4.02. The monoisotopic (exact) mass is 163 g/mol. The molecule has 0 spiro atoms. The quantitative estimate of drug-likeness (QED) is 0.506. The van der Waals surface area contributed by atoms with E-state index in [1.807, 2.05) is 0 Å². The molecule has 0 saturated carbocycles. The van der Waals surface area contributed by atoms with E-state index in [-0.39, 0.29) is 12.0 Å². The second-order valence-corrected chi connectivity index (χ2v) is 2.20. The highest BCUT2D eigenvalue weighted by atomic mass is 16.4. The van der Waals surface area contributed by atoms with Gasteiger partial charge in [-0.1, -0.05) is 19.2 Å². The zero-order valence-corrected chi connectivity index (χ0v) is 6.58. The Morgan fingerprint density at radius 1 is 1.50 bits per heavy atom. The molecule has 3 heteroatoms. The van der Waals surface area contributed by atoms with Crippen molar-refractivity contribution in [3.8, 4) is 6.07 Å². The van der Waals surface area contributed by atoms with Crippen LogP contribution in [-0.4, -0.2) is 11.1 Å². The summed E-state index contributed by atoms with van der Waals surface area (Å²) in [5.41, 5.74) is 0.723. The van der Waals surface area contributed by atoms with Gasteiger partial charge in [0.2, 0.25) is 0 Å². The Morgan fingerprint density at radius 3 is 2.50 bits per heavy atom. The molecule has 0 amide bonds. The predicted octanol–water partition coefficient (Wildman–Crippen LogP) is 1.65. The molecule has 0 atom stereocenters. The Hall–Kier alpha value is -1.82. The summed E-state index contributed by atoms with van der Waals surface area (Å²) >= 11 is 0. The molecule has 0 radical (unpaired) electrons. The summed E-state index contributed by atoms with van der Waals surface area (Å²) in [6, 6.07) is 1.80. The van der Waals surface area contributed by atoms with Crippen molar-refractivity contribution < 1.29 is 9.90 Å². The van der Waals surface area contributed by atoms with Crippen molar-refractivity contribution >= 4 is 5.97 Å². The average Bonchev–Trinajstić information content (AvgIpc) is 1.99. The van der Waals surface area contributed by atoms with Crippen molar-refractivity contribution in [3.63, 3.8) is 0 Å². The number of carboxylic acid groups (broad SMARTS) is 1. The molecule has 0 aliphatic rings. The Kier molecular flexibility index (Phi) is 4.17. The zero-order chi connectivity index (χ0) is 9.56. The molecule has 0 aromatic carbocycles. The maximum atomic E-state index is 10.1. The number of nitrogens with zero attached hydrogens (tertiary/aromatic N) is 1. The van der Waals surface area contributed by atoms with Crippen LogP contribution in [0.3, 0.4) is 0 Å². The first kappa shape index (κ1) is 10.2. The van der Waals surface area contributed by atoms with E-state index >= 15 is 0 Å². The summed E-state index contributed by atoms with van der Waals surface area (Å²) in [6.07, 6.45) is 2.79. The van der Waals surface area contributed by atoms with E-state index in [4.69, 9.17) is 10.4 Å². The highest BCUT2D eigenvalue weighted by molar-refractivity contribution is 5.70. The van der Waals surface area contributed by atoms with Crippen molar-refractivity contribution in [2.75, 3.05) is 0 Å². The molecule has 0 heterocycles. The lowest BCUT2D eigenvalue weighted by Crippen LogP contribution is -1.94. The van der Waals surface area contributed by atoms with Crippen molar-refractivity contribution in [1.82, 2.24) is 0 Å². The molecule has 0 aliphatic carbocycles. The first-order valence-electron chi connectivity index (χ1n) is 3.23. The number of allylic oxidation sites excluding steroid dienone is 3. The maximum Gasteiger partial charge on any atom is 0.307 e. The van der Waals surface area contributed by atoms with Crippen LogP contribution in [0.4, 0.5) is 0 Å². The van der Waals surface area contributed by atoms with E-state index in [2.05, 4.69) is 13.2 Å². The lowest BCUT2D eigenvalue weighted by Gasteiger charge is -1.91. The minimum atomic E-state index is -0.938. The van der Waals surface area contributed by atoms with Crippen LogP contribution in [0.2, 0.25) is 0 Å². The molecule has 0 rings (SSSR count). The first-order chi connectivity index (χ1) is 5.56. The summed E-state index contributed by atoms with van der Waals surface area (Å²) in [7, 11) is 0. The van der Waals surface area contributed by atoms with Crippen LogP contribution in [0.5, 0.6) is 0 Å². The molecule has 0 bridgehead atoms. The third-order valence-corrected chi connectivity index (χ3v) is 1.04. The summed E-state index contributed by atoms with van der Waals surface area (Å²) in [5, 5.41) is 16.6. The van der Waals surface area contributed by atoms with Crippen LogP contribution in [0, 0.1) is 11.3 Å². The van der Waals surface area contributed by atoms with Gasteiger partial charge in [-0.05, 0) is 11.6 Å². The normalized spacial score (nSPS) is 9.25. The Labute approximate surface area is 70.9 Å². The SMILES string of the molecule is C=C(C#N)/C=C\C(=C)CC(=O)O. The molecule has 3 nitrogen and oxygen atoms in total. The van der Waals surface area contributed by atoms with Gasteiger partial charge in [0.05, 0.1) is 12.5 Å². The molecule has 0 aromatic heterocycles. The summed E-state index contributed by atoms with van der Waals surface area (Å²) in [6.45, 7) is 6.87. The van der Waals surface area contributed by atoms with Crippen LogP contribution in [0.25, 0.3) is 0 Å². The van der Waals surface area contributed by atoms with Gasteiger partial charge in [-0.2, -0.15) is 5.26 Å². The molecule has 0 fully saturated rings. The lowest BCUT2D eigenvalue weighted by molar-refractivity contribution is -0.136. The van der Waals surface area contributed by atoms with Crippen molar-refractivity contribution in [2.45, 2.75) is 6.42 Å². The molecule has 12 heavy (non-hydrogen) atoms. The van der Waals surface area contributed by atoms with Gasteiger partial charge in [-0.25, -0.2) is 0 Å². The van der Waals surface area contributed by atoms with E-state index in [1.165, 1.54) is 12.2 Å². The van der Waals surface area contributed by atoms with Gasteiger partial charge in [0.25, 0.3) is 0 Å². The van der Waals surface area contributed by atoms with Gasteiger partial charge in [0, 0.05) is 5.57 Å². The maximum absolute atomic E-state index is 10.1. The fraction of sp³-hybridized carbons (Fsp3) is 0.111. The number of rotatable bonds is 4. The fourth-order valence-corrected chi connectivity index (χ4v) is 0.509. The molecule has 1 N–H and O–H groups in total. The minimum absolute atomic E-state index is 0.116. The van der Waals surface area contributed by atoms with Crippen molar-refractivity contribution in [2.24, 2.45) is 0 Å². The summed E-state index contributed by atoms with van der Waals surface area (Å²) in [5.74, 6) is -0.938. The van der Waals surface area contributed by atoms with Gasteiger partial charge >= 0.3 is 5.97 Å². The minimum Gasteiger partial charge on any atom is -0.481 e. The van der Waals surface area contributed by atoms with Crippen molar-refractivity contribution in [1.29, 1.82) is 5.26 Å². The smallest absolute Gasteiger partial charge is 0.307 e. The lowest BCUT2D eigenvalue weighted by atomic mass is 10.2. The average molecular weight is 163 g/mol. The summed E-state index contributed by atoms with van der Waals surface area (Å²) in [4.78, 5) is 10.1. The summed E-state index contributed by atoms with van der Waals surface area (Å²) < 4.78 is 0. The molecule has 62 valence electrons. The number of carbonyl (C=O) groups is 1. The topological polar surface area (TPSA) is 61.1 Å². The molecule has 0 aromatic rings. The zero-order valence-electron chi connectivity index (χ0n) is 6.58. The fourth-order valence-electron chi connectivity index (χ4n) is 0.509. The number of hydrogen-bond donors (Lipinski definition) is 1. The number of aliphatic carboxylic acids is 1. The van der Waals surface area contributed by atoms with E-state index in [9.17, 15) is 4.79 Å². The molecular formula is C9H9NO2. The van der Waals surface area contributed by atoms with Gasteiger partial charge in [-0.15, -0.1) is 0 Å². The highest BCUT2D eigenvalue weighted by Crippen LogP contribution is 2.01. The second-order valence-electron chi connectivity index (χ2n) is 2.20. The predicted molar refractivity (Wildman–Crippen MR) is 45.3 cm³/mol. The number of nitriles is 1. The van der Waals surface area contributed by atoms with Crippen LogP contribution in [0.1, 0.15) is 6.42 Å². The van der Waals surface area contributed by atoms with Gasteiger partial charge in [0.1, 0.15) is 0 Å². The van der Waals surface area contributed by atoms with E-state index in [1.54, 1.807) is 6.07 Å². The Morgan fingerprint density at radius 2 is 2.08 bits per heavy atom. The first-order valence-corrected chi connectivity index (χ1v) is 3.23. The van der Waals surface area contributed by atoms with Crippen molar-refractivity contribution in [3.05, 3.63) is 36.5 Å². The van der Waals surface area contributed by atoms with Gasteiger partial charge in [-0.3, -0.25) is 4.79 Å². The largest absolute Gasteiger partial charge is 0.481 e. The Bertz CT molecular complexity index is 281. The van der Waals surface area contributed by atoms with Gasteiger partial charge < -0.3 is 5.11 Å². The van der Waals surface area contributed by atoms with Gasteiger partial charge in [0.15, 0.2) is 0 Å². The molecule has 0 saturated heterocycles. The molecular weight excluding hydrogens is 154 g/mol. The van der Waals surface area contributed by atoms with Crippen LogP contribution in [-0.2, 0) is 4.79 Å². The second kappa shape index (κ2) is 4.91. The standard InChI is InChI=1S/C9H9NO2/c1-7(5-9(11)12)3-4-8(2)6-10/h3-4H,1-2,5H2,(H,11,12)/b4-3-.